The minimum absolute atomic E-state index is 0. The zero-order valence-electron chi connectivity index (χ0n) is 4.20. The van der Waals surface area contributed by atoms with Crippen LogP contribution in [0.1, 0.15) is 6.42 Å². The maximum Gasteiger partial charge on any atom is 0.123 e. The van der Waals surface area contributed by atoms with Crippen LogP contribution in [0.25, 0.3) is 0 Å². The van der Waals surface area contributed by atoms with Crippen molar-refractivity contribution in [2.45, 2.75) is 6.42 Å². The van der Waals surface area contributed by atoms with Gasteiger partial charge in [-0.05, 0) is 0 Å². The Hall–Kier alpha value is 0.280. The molecule has 0 fully saturated rings. The predicted octanol–water partition coefficient (Wildman–Crippen LogP) is 2.03. The average Bonchev–Trinajstić information content (AvgIpc) is 1.41. The van der Waals surface area contributed by atoms with Crippen molar-refractivity contribution in [3.05, 3.63) is 12.7 Å². The van der Waals surface area contributed by atoms with Gasteiger partial charge in [-0.25, -0.2) is 0 Å². The summed E-state index contributed by atoms with van der Waals surface area (Å²) in [5.74, 6) is 0. The Morgan fingerprint density at radius 2 is 1.62 bits per heavy atom. The molecule has 0 heterocycles. The van der Waals surface area contributed by atoms with Gasteiger partial charge in [0.15, 0.2) is 0 Å². The molecule has 0 spiro atoms. The highest BCUT2D eigenvalue weighted by Gasteiger charge is 1.59. The number of rotatable bonds is 2. The molecule has 0 aromatic rings. The molecule has 0 unspecified atom stereocenters. The van der Waals surface area contributed by atoms with E-state index in [0.29, 0.717) is 6.42 Å². The molecule has 0 atom stereocenters. The number of halogens is 3. The molecule has 4 heteroatoms. The van der Waals surface area contributed by atoms with Crippen molar-refractivity contribution >= 4 is 43.5 Å². The Morgan fingerprint density at radius 1 is 1.25 bits per heavy atom. The van der Waals surface area contributed by atoms with Crippen LogP contribution in [-0.2, 0) is 4.79 Å². The van der Waals surface area contributed by atoms with Gasteiger partial charge in [-0.15, -0.1) is 43.8 Å². The first kappa shape index (κ1) is 24.0. The highest BCUT2D eigenvalue weighted by atomic mass is 35.5. The molecule has 8 heavy (non-hydrogen) atoms. The van der Waals surface area contributed by atoms with Gasteiger partial charge < -0.3 is 4.79 Å². The molecular weight excluding hydrogens is 170 g/mol. The topological polar surface area (TPSA) is 17.1 Å². The molecule has 1 nitrogen and oxygen atoms in total. The van der Waals surface area contributed by atoms with Crippen LogP contribution in [0.5, 0.6) is 0 Å². The SMILES string of the molecule is C=CCC=O.Cl.Cl.Cl. The quantitative estimate of drug-likeness (QED) is 0.468. The van der Waals surface area contributed by atoms with Gasteiger partial charge in [-0.3, -0.25) is 0 Å². The standard InChI is InChI=1S/C4H6O.3ClH/c1-2-3-4-5;;;/h2,4H,1,3H2;3*1H. The first-order valence-corrected chi connectivity index (χ1v) is 1.46. The third kappa shape index (κ3) is 33.7. The summed E-state index contributed by atoms with van der Waals surface area (Å²) in [7, 11) is 0. The van der Waals surface area contributed by atoms with Crippen LogP contribution in [0.15, 0.2) is 12.7 Å². The molecule has 0 N–H and O–H groups in total. The monoisotopic (exact) mass is 178 g/mol. The van der Waals surface area contributed by atoms with Crippen molar-refractivity contribution < 1.29 is 4.79 Å². The molecule has 0 saturated heterocycles. The smallest absolute Gasteiger partial charge is 0.123 e. The molecule has 0 radical (unpaired) electrons. The van der Waals surface area contributed by atoms with Crippen LogP contribution < -0.4 is 0 Å². The number of carbonyl (C=O) groups is 1. The molecule has 0 aliphatic rings. The molecule has 0 bridgehead atoms. The summed E-state index contributed by atoms with van der Waals surface area (Å²) in [6, 6.07) is 0. The fourth-order valence-electron chi connectivity index (χ4n) is 0.0680. The van der Waals surface area contributed by atoms with Gasteiger partial charge in [0.25, 0.3) is 0 Å². The van der Waals surface area contributed by atoms with Crippen molar-refractivity contribution in [2.24, 2.45) is 0 Å². The van der Waals surface area contributed by atoms with Gasteiger partial charge in [0.1, 0.15) is 6.29 Å². The summed E-state index contributed by atoms with van der Waals surface area (Å²) in [4.78, 5) is 9.33. The minimum atomic E-state index is 0. The number of hydrogen-bond donors (Lipinski definition) is 0. The van der Waals surface area contributed by atoms with E-state index in [9.17, 15) is 4.79 Å². The van der Waals surface area contributed by atoms with Crippen molar-refractivity contribution in [2.75, 3.05) is 0 Å². The molecule has 0 amide bonds. The van der Waals surface area contributed by atoms with Crippen LogP contribution in [0, 0.1) is 0 Å². The lowest BCUT2D eigenvalue weighted by molar-refractivity contribution is -0.107. The molecule has 0 aliphatic heterocycles. The third-order valence-electron chi connectivity index (χ3n) is 0.263. The second-order valence-corrected chi connectivity index (χ2v) is 0.691. The zero-order chi connectivity index (χ0) is 4.12. The van der Waals surface area contributed by atoms with E-state index in [1.807, 2.05) is 0 Å². The zero-order valence-corrected chi connectivity index (χ0v) is 6.65. The summed E-state index contributed by atoms with van der Waals surface area (Å²) in [6.45, 7) is 3.32. The molecular formula is C4H9Cl3O. The van der Waals surface area contributed by atoms with Crippen molar-refractivity contribution in [1.29, 1.82) is 0 Å². The summed E-state index contributed by atoms with van der Waals surface area (Å²) in [5, 5.41) is 0. The molecule has 0 aromatic carbocycles. The van der Waals surface area contributed by atoms with Gasteiger partial charge in [0, 0.05) is 6.42 Å². The van der Waals surface area contributed by atoms with Crippen LogP contribution >= 0.6 is 37.2 Å². The molecule has 0 rings (SSSR count). The van der Waals surface area contributed by atoms with Gasteiger partial charge in [0.2, 0.25) is 0 Å². The van der Waals surface area contributed by atoms with E-state index < -0.39 is 0 Å². The molecule has 0 saturated carbocycles. The van der Waals surface area contributed by atoms with Gasteiger partial charge in [0.05, 0.1) is 0 Å². The van der Waals surface area contributed by atoms with E-state index >= 15 is 0 Å². The number of allylic oxidation sites excluding steroid dienone is 1. The molecule has 0 aromatic heterocycles. The number of aldehydes is 1. The van der Waals surface area contributed by atoms with E-state index in [2.05, 4.69) is 6.58 Å². The minimum Gasteiger partial charge on any atom is -0.303 e. The van der Waals surface area contributed by atoms with Gasteiger partial charge >= 0.3 is 0 Å². The van der Waals surface area contributed by atoms with Crippen LogP contribution in [0.4, 0.5) is 0 Å². The van der Waals surface area contributed by atoms with Crippen LogP contribution in [0.3, 0.4) is 0 Å². The van der Waals surface area contributed by atoms with Crippen molar-refractivity contribution in [3.63, 3.8) is 0 Å². The van der Waals surface area contributed by atoms with Gasteiger partial charge in [-0.2, -0.15) is 0 Å². The lowest BCUT2D eigenvalue weighted by Gasteiger charge is -1.59. The van der Waals surface area contributed by atoms with Gasteiger partial charge in [-0.1, -0.05) is 6.08 Å². The number of hydrogen-bond acceptors (Lipinski definition) is 1. The van der Waals surface area contributed by atoms with Crippen LogP contribution in [0.2, 0.25) is 0 Å². The van der Waals surface area contributed by atoms with E-state index in [4.69, 9.17) is 0 Å². The second-order valence-electron chi connectivity index (χ2n) is 0.691. The Morgan fingerprint density at radius 3 is 1.62 bits per heavy atom. The van der Waals surface area contributed by atoms with E-state index in [0.717, 1.165) is 6.29 Å². The summed E-state index contributed by atoms with van der Waals surface area (Å²) >= 11 is 0. The third-order valence-corrected chi connectivity index (χ3v) is 0.263. The Labute approximate surface area is 67.8 Å². The normalized spacial score (nSPS) is 4.00. The summed E-state index contributed by atoms with van der Waals surface area (Å²) in [6.07, 6.45) is 2.85. The van der Waals surface area contributed by atoms with Crippen molar-refractivity contribution in [3.8, 4) is 0 Å². The van der Waals surface area contributed by atoms with E-state index in [1.54, 1.807) is 6.08 Å². The fraction of sp³-hybridized carbons (Fsp3) is 0.250. The predicted molar refractivity (Wildman–Crippen MR) is 42.6 cm³/mol. The Bertz CT molecular complexity index is 40.5. The summed E-state index contributed by atoms with van der Waals surface area (Å²) < 4.78 is 0. The Balaban J connectivity index is -0.0000000267. The lowest BCUT2D eigenvalue weighted by atomic mass is 10.5. The first-order valence-electron chi connectivity index (χ1n) is 1.46. The highest BCUT2D eigenvalue weighted by molar-refractivity contribution is 5.86. The maximum absolute atomic E-state index is 9.33. The number of carbonyl (C=O) groups excluding carboxylic acids is 1. The van der Waals surface area contributed by atoms with E-state index in [1.165, 1.54) is 0 Å². The van der Waals surface area contributed by atoms with Crippen molar-refractivity contribution in [1.82, 2.24) is 0 Å². The fourth-order valence-corrected chi connectivity index (χ4v) is 0.0680. The lowest BCUT2D eigenvalue weighted by Crippen LogP contribution is -1.59. The highest BCUT2D eigenvalue weighted by Crippen LogP contribution is 1.64. The summed E-state index contributed by atoms with van der Waals surface area (Å²) in [5.41, 5.74) is 0. The van der Waals surface area contributed by atoms with E-state index in [-0.39, 0.29) is 37.2 Å². The second kappa shape index (κ2) is 26.7. The van der Waals surface area contributed by atoms with Crippen LogP contribution in [-0.4, -0.2) is 6.29 Å². The first-order chi connectivity index (χ1) is 2.41. The average molecular weight is 179 g/mol. The largest absolute Gasteiger partial charge is 0.303 e. The maximum atomic E-state index is 9.33. The molecule has 52 valence electrons. The molecule has 0 aliphatic carbocycles. The Kier molecular flexibility index (Phi) is 79.9.